The van der Waals surface area contributed by atoms with Crippen molar-refractivity contribution in [2.45, 2.75) is 19.8 Å². The molecule has 0 saturated carbocycles. The van der Waals surface area contributed by atoms with E-state index < -0.39 is 17.2 Å². The highest BCUT2D eigenvalue weighted by molar-refractivity contribution is 6.34. The lowest BCUT2D eigenvalue weighted by atomic mass is 9.78. The number of carbonyl (C=O) groups is 2. The first-order valence-corrected chi connectivity index (χ1v) is 3.92. The molecule has 0 aromatic rings. The molecule has 1 aliphatic heterocycles. The van der Waals surface area contributed by atoms with Crippen LogP contribution in [-0.4, -0.2) is 30.1 Å². The standard InChI is InChI=1S/C8H12O4/c1-8(6(9)7(10)11)2-4-12-5-3-8/h2-5H2,1H3,(H,10,11). The number of ketones is 1. The van der Waals surface area contributed by atoms with Gasteiger partial charge >= 0.3 is 5.97 Å². The molecule has 68 valence electrons. The summed E-state index contributed by atoms with van der Waals surface area (Å²) in [5.74, 6) is -2.02. The Morgan fingerprint density at radius 3 is 2.25 bits per heavy atom. The van der Waals surface area contributed by atoms with Crippen molar-refractivity contribution in [3.8, 4) is 0 Å². The Balaban J connectivity index is 2.69. The van der Waals surface area contributed by atoms with Gasteiger partial charge in [-0.1, -0.05) is 6.92 Å². The van der Waals surface area contributed by atoms with Gasteiger partial charge in [0.2, 0.25) is 5.78 Å². The SMILES string of the molecule is CC1(C(=O)C(=O)O)CCOCC1. The molecule has 1 aliphatic rings. The summed E-state index contributed by atoms with van der Waals surface area (Å²) in [4.78, 5) is 21.6. The molecule has 0 aliphatic carbocycles. The normalized spacial score (nSPS) is 21.8. The highest BCUT2D eigenvalue weighted by Crippen LogP contribution is 2.30. The van der Waals surface area contributed by atoms with Gasteiger partial charge in [0.1, 0.15) is 0 Å². The number of carboxylic acid groups (broad SMARTS) is 1. The maximum absolute atomic E-state index is 11.2. The van der Waals surface area contributed by atoms with Gasteiger partial charge in [0, 0.05) is 18.6 Å². The number of carboxylic acids is 1. The number of ether oxygens (including phenoxy) is 1. The summed E-state index contributed by atoms with van der Waals surface area (Å²) in [6.45, 7) is 2.65. The number of Topliss-reactive ketones (excluding diaryl/α,β-unsaturated/α-hetero) is 1. The van der Waals surface area contributed by atoms with E-state index in [1.54, 1.807) is 6.92 Å². The molecule has 1 saturated heterocycles. The van der Waals surface area contributed by atoms with Crippen molar-refractivity contribution in [1.29, 1.82) is 0 Å². The highest BCUT2D eigenvalue weighted by atomic mass is 16.5. The van der Waals surface area contributed by atoms with Gasteiger partial charge in [0.05, 0.1) is 0 Å². The molecule has 1 heterocycles. The molecule has 4 nitrogen and oxygen atoms in total. The van der Waals surface area contributed by atoms with Crippen molar-refractivity contribution in [3.63, 3.8) is 0 Å². The van der Waals surface area contributed by atoms with Crippen molar-refractivity contribution in [2.75, 3.05) is 13.2 Å². The first-order chi connectivity index (χ1) is 5.56. The van der Waals surface area contributed by atoms with Crippen LogP contribution in [0.15, 0.2) is 0 Å². The maximum atomic E-state index is 11.2. The fourth-order valence-corrected chi connectivity index (χ4v) is 1.31. The van der Waals surface area contributed by atoms with Crippen LogP contribution in [0.2, 0.25) is 0 Å². The van der Waals surface area contributed by atoms with E-state index in [2.05, 4.69) is 0 Å². The monoisotopic (exact) mass is 172 g/mol. The quantitative estimate of drug-likeness (QED) is 0.614. The van der Waals surface area contributed by atoms with Crippen LogP contribution in [0, 0.1) is 5.41 Å². The van der Waals surface area contributed by atoms with Gasteiger partial charge in [-0.2, -0.15) is 0 Å². The van der Waals surface area contributed by atoms with Gasteiger partial charge in [0.25, 0.3) is 0 Å². The molecule has 0 bridgehead atoms. The molecule has 0 unspecified atom stereocenters. The lowest BCUT2D eigenvalue weighted by molar-refractivity contribution is -0.156. The molecule has 0 atom stereocenters. The van der Waals surface area contributed by atoms with Gasteiger partial charge in [-0.05, 0) is 12.8 Å². The molecule has 0 aromatic heterocycles. The van der Waals surface area contributed by atoms with Crippen LogP contribution in [-0.2, 0) is 14.3 Å². The van der Waals surface area contributed by atoms with Crippen molar-refractivity contribution in [3.05, 3.63) is 0 Å². The van der Waals surface area contributed by atoms with E-state index in [1.807, 2.05) is 0 Å². The summed E-state index contributed by atoms with van der Waals surface area (Å²) in [5.41, 5.74) is -0.704. The van der Waals surface area contributed by atoms with Crippen molar-refractivity contribution in [1.82, 2.24) is 0 Å². The highest BCUT2D eigenvalue weighted by Gasteiger charge is 2.38. The summed E-state index contributed by atoms with van der Waals surface area (Å²) in [6.07, 6.45) is 1.02. The summed E-state index contributed by atoms with van der Waals surface area (Å²) in [5, 5.41) is 8.51. The number of aliphatic carboxylic acids is 1. The van der Waals surface area contributed by atoms with E-state index in [9.17, 15) is 9.59 Å². The minimum absolute atomic E-state index is 0.482. The lowest BCUT2D eigenvalue weighted by Gasteiger charge is -2.29. The van der Waals surface area contributed by atoms with Crippen LogP contribution in [0.25, 0.3) is 0 Å². The predicted molar refractivity (Wildman–Crippen MR) is 40.8 cm³/mol. The van der Waals surface area contributed by atoms with E-state index in [-0.39, 0.29) is 0 Å². The predicted octanol–water partition coefficient (Wildman–Crippen LogP) is 0.457. The molecule has 0 spiro atoms. The smallest absolute Gasteiger partial charge is 0.372 e. The van der Waals surface area contributed by atoms with Crippen molar-refractivity contribution in [2.24, 2.45) is 5.41 Å². The van der Waals surface area contributed by atoms with Crippen LogP contribution in [0.5, 0.6) is 0 Å². The average molecular weight is 172 g/mol. The molecular weight excluding hydrogens is 160 g/mol. The van der Waals surface area contributed by atoms with E-state index in [1.165, 1.54) is 0 Å². The molecule has 12 heavy (non-hydrogen) atoms. The largest absolute Gasteiger partial charge is 0.475 e. The van der Waals surface area contributed by atoms with Gasteiger partial charge < -0.3 is 9.84 Å². The summed E-state index contributed by atoms with van der Waals surface area (Å²) >= 11 is 0. The van der Waals surface area contributed by atoms with Crippen molar-refractivity contribution >= 4 is 11.8 Å². The fourth-order valence-electron chi connectivity index (χ4n) is 1.31. The third-order valence-corrected chi connectivity index (χ3v) is 2.34. The summed E-state index contributed by atoms with van der Waals surface area (Å²) < 4.78 is 5.05. The molecular formula is C8H12O4. The Morgan fingerprint density at radius 1 is 1.33 bits per heavy atom. The molecule has 0 aromatic carbocycles. The van der Waals surface area contributed by atoms with Crippen LogP contribution < -0.4 is 0 Å². The Bertz CT molecular complexity index is 203. The topological polar surface area (TPSA) is 63.6 Å². The van der Waals surface area contributed by atoms with Gasteiger partial charge in [-0.3, -0.25) is 4.79 Å². The van der Waals surface area contributed by atoms with E-state index >= 15 is 0 Å². The molecule has 1 fully saturated rings. The van der Waals surface area contributed by atoms with Crippen LogP contribution in [0.4, 0.5) is 0 Å². The van der Waals surface area contributed by atoms with Gasteiger partial charge in [0.15, 0.2) is 0 Å². The zero-order chi connectivity index (χ0) is 9.19. The third kappa shape index (κ3) is 1.64. The molecule has 4 heteroatoms. The second-order valence-electron chi connectivity index (χ2n) is 3.31. The number of hydrogen-bond donors (Lipinski definition) is 1. The van der Waals surface area contributed by atoms with E-state index in [0.29, 0.717) is 26.1 Å². The Hall–Kier alpha value is -0.900. The number of hydrogen-bond acceptors (Lipinski definition) is 3. The second-order valence-corrected chi connectivity index (χ2v) is 3.31. The van der Waals surface area contributed by atoms with E-state index in [4.69, 9.17) is 9.84 Å². The van der Waals surface area contributed by atoms with Crippen LogP contribution in [0.3, 0.4) is 0 Å². The Morgan fingerprint density at radius 2 is 1.83 bits per heavy atom. The minimum Gasteiger partial charge on any atom is -0.475 e. The molecule has 1 rings (SSSR count). The van der Waals surface area contributed by atoms with Gasteiger partial charge in [-0.15, -0.1) is 0 Å². The lowest BCUT2D eigenvalue weighted by Crippen LogP contribution is -2.38. The molecule has 0 amide bonds. The zero-order valence-corrected chi connectivity index (χ0v) is 7.00. The molecule has 0 radical (unpaired) electrons. The van der Waals surface area contributed by atoms with Gasteiger partial charge in [-0.25, -0.2) is 4.79 Å². The van der Waals surface area contributed by atoms with E-state index in [0.717, 1.165) is 0 Å². The first kappa shape index (κ1) is 9.19. The third-order valence-electron chi connectivity index (χ3n) is 2.34. The molecule has 1 N–H and O–H groups in total. The van der Waals surface area contributed by atoms with Crippen LogP contribution in [0.1, 0.15) is 19.8 Å². The van der Waals surface area contributed by atoms with Crippen molar-refractivity contribution < 1.29 is 19.4 Å². The Labute approximate surface area is 70.5 Å². The summed E-state index contributed by atoms with van der Waals surface area (Å²) in [6, 6.07) is 0. The minimum atomic E-state index is -1.33. The average Bonchev–Trinajstić information content (AvgIpc) is 2.04. The second kappa shape index (κ2) is 3.23. The zero-order valence-electron chi connectivity index (χ0n) is 7.00. The summed E-state index contributed by atoms with van der Waals surface area (Å²) in [7, 11) is 0. The van der Waals surface area contributed by atoms with Crippen LogP contribution >= 0.6 is 0 Å². The first-order valence-electron chi connectivity index (χ1n) is 3.92. The maximum Gasteiger partial charge on any atom is 0.372 e. The Kier molecular flexibility index (Phi) is 2.47. The number of carbonyl (C=O) groups excluding carboxylic acids is 1. The number of rotatable bonds is 2. The fraction of sp³-hybridized carbons (Fsp3) is 0.750.